The molecule has 150 valence electrons. The summed E-state index contributed by atoms with van der Waals surface area (Å²) in [5.41, 5.74) is 5.61. The Hall–Kier alpha value is -2.52. The molecule has 2 aromatic rings. The van der Waals surface area contributed by atoms with Gasteiger partial charge in [-0.2, -0.15) is 14.5 Å². The molecule has 1 amide bonds. The molecular weight excluding hydrogens is 378 g/mol. The number of hydrazone groups is 1. The maximum absolute atomic E-state index is 12.6. The molecular formula is C19H25N5O3S. The number of amides is 1. The van der Waals surface area contributed by atoms with Crippen LogP contribution in [-0.2, 0) is 21.4 Å². The Morgan fingerprint density at radius 3 is 2.39 bits per heavy atom. The third kappa shape index (κ3) is 4.48. The topological polar surface area (TPSA) is 96.7 Å². The summed E-state index contributed by atoms with van der Waals surface area (Å²) >= 11 is 0. The second kappa shape index (κ2) is 8.24. The molecule has 0 saturated carbocycles. The number of nitrogens with zero attached hydrogens (tertiary/aromatic N) is 4. The van der Waals surface area contributed by atoms with Crippen molar-refractivity contribution in [2.75, 3.05) is 13.1 Å². The number of hydrogen-bond acceptors (Lipinski definition) is 5. The zero-order chi connectivity index (χ0) is 20.3. The van der Waals surface area contributed by atoms with Crippen LogP contribution in [0.15, 0.2) is 40.3 Å². The Morgan fingerprint density at radius 1 is 1.18 bits per heavy atom. The monoisotopic (exact) mass is 403 g/mol. The van der Waals surface area contributed by atoms with Crippen molar-refractivity contribution < 1.29 is 13.2 Å². The fourth-order valence-electron chi connectivity index (χ4n) is 3.16. The number of sulfonamides is 1. The summed E-state index contributed by atoms with van der Waals surface area (Å²) in [6.45, 7) is 6.76. The maximum atomic E-state index is 12.6. The Labute approximate surface area is 165 Å². The number of benzene rings is 1. The van der Waals surface area contributed by atoms with Gasteiger partial charge in [-0.15, -0.1) is 0 Å². The first-order valence-electron chi connectivity index (χ1n) is 9.22. The van der Waals surface area contributed by atoms with Gasteiger partial charge in [-0.25, -0.2) is 13.8 Å². The first kappa shape index (κ1) is 20.2. The summed E-state index contributed by atoms with van der Waals surface area (Å²) in [5, 5.41) is 8.36. The van der Waals surface area contributed by atoms with Gasteiger partial charge >= 0.3 is 0 Å². The standard InChI is InChI=1S/C19H25N5O3S/c1-14-12-15(2)24(22-14)13-19(25)21-20-16(3)17-6-8-18(9-7-17)28(26,27)23-10-4-5-11-23/h6-9,12H,4-5,10-11,13H2,1-3H3,(H,21,25). The Morgan fingerprint density at radius 2 is 1.82 bits per heavy atom. The molecule has 28 heavy (non-hydrogen) atoms. The van der Waals surface area contributed by atoms with Crippen LogP contribution >= 0.6 is 0 Å². The molecule has 0 unspecified atom stereocenters. The van der Waals surface area contributed by atoms with Gasteiger partial charge in [0.25, 0.3) is 5.91 Å². The van der Waals surface area contributed by atoms with Crippen molar-refractivity contribution in [2.45, 2.75) is 45.1 Å². The lowest BCUT2D eigenvalue weighted by Gasteiger charge is -2.15. The summed E-state index contributed by atoms with van der Waals surface area (Å²) in [4.78, 5) is 12.4. The number of rotatable bonds is 6. The van der Waals surface area contributed by atoms with Crippen LogP contribution in [0.3, 0.4) is 0 Å². The molecule has 9 heteroatoms. The lowest BCUT2D eigenvalue weighted by Crippen LogP contribution is -2.27. The molecule has 1 aromatic heterocycles. The molecule has 1 N–H and O–H groups in total. The van der Waals surface area contributed by atoms with E-state index in [1.807, 2.05) is 19.9 Å². The predicted molar refractivity (Wildman–Crippen MR) is 106 cm³/mol. The molecule has 1 aromatic carbocycles. The van der Waals surface area contributed by atoms with E-state index >= 15 is 0 Å². The van der Waals surface area contributed by atoms with Gasteiger partial charge < -0.3 is 0 Å². The fourth-order valence-corrected chi connectivity index (χ4v) is 4.68. The van der Waals surface area contributed by atoms with E-state index in [2.05, 4.69) is 15.6 Å². The minimum atomic E-state index is -3.43. The summed E-state index contributed by atoms with van der Waals surface area (Å²) < 4.78 is 28.3. The number of nitrogens with one attached hydrogen (secondary N) is 1. The van der Waals surface area contributed by atoms with Gasteiger partial charge in [0.15, 0.2) is 0 Å². The average molecular weight is 404 g/mol. The molecule has 0 bridgehead atoms. The SMILES string of the molecule is CC(=NNC(=O)Cn1nc(C)cc1C)c1ccc(S(=O)(=O)N2CCCC2)cc1. The van der Waals surface area contributed by atoms with Crippen molar-refractivity contribution in [3.63, 3.8) is 0 Å². The molecule has 0 spiro atoms. The van der Waals surface area contributed by atoms with Crippen molar-refractivity contribution >= 4 is 21.6 Å². The van der Waals surface area contributed by atoms with Gasteiger partial charge in [0.1, 0.15) is 6.54 Å². The molecule has 2 heterocycles. The molecule has 3 rings (SSSR count). The number of aromatic nitrogens is 2. The second-order valence-corrected chi connectivity index (χ2v) is 8.89. The van der Waals surface area contributed by atoms with Crippen LogP contribution in [-0.4, -0.2) is 47.2 Å². The number of carbonyl (C=O) groups excluding carboxylic acids is 1. The molecule has 8 nitrogen and oxygen atoms in total. The highest BCUT2D eigenvalue weighted by atomic mass is 32.2. The van der Waals surface area contributed by atoms with Crippen LogP contribution in [0.5, 0.6) is 0 Å². The summed E-state index contributed by atoms with van der Waals surface area (Å²) in [5.74, 6) is -0.279. The van der Waals surface area contributed by atoms with Crippen molar-refractivity contribution in [3.05, 3.63) is 47.3 Å². The van der Waals surface area contributed by atoms with Crippen LogP contribution in [0.1, 0.15) is 36.7 Å². The summed E-state index contributed by atoms with van der Waals surface area (Å²) in [6.07, 6.45) is 1.81. The highest BCUT2D eigenvalue weighted by Gasteiger charge is 2.26. The largest absolute Gasteiger partial charge is 0.271 e. The van der Waals surface area contributed by atoms with E-state index in [9.17, 15) is 13.2 Å². The Balaban J connectivity index is 1.64. The normalized spacial score (nSPS) is 15.8. The summed E-state index contributed by atoms with van der Waals surface area (Å²) in [6, 6.07) is 8.48. The number of aryl methyl sites for hydroxylation is 2. The summed E-state index contributed by atoms with van der Waals surface area (Å²) in [7, 11) is -3.43. The number of hydrogen-bond donors (Lipinski definition) is 1. The highest BCUT2D eigenvalue weighted by Crippen LogP contribution is 2.21. The first-order chi connectivity index (χ1) is 13.3. The molecule has 1 fully saturated rings. The Kier molecular flexibility index (Phi) is 5.95. The van der Waals surface area contributed by atoms with Crippen molar-refractivity contribution in [2.24, 2.45) is 5.10 Å². The molecule has 0 atom stereocenters. The van der Waals surface area contributed by atoms with Gasteiger partial charge in [0.05, 0.1) is 16.3 Å². The van der Waals surface area contributed by atoms with Crippen LogP contribution in [0.25, 0.3) is 0 Å². The molecule has 1 aliphatic rings. The van der Waals surface area contributed by atoms with E-state index in [0.717, 1.165) is 29.8 Å². The van der Waals surface area contributed by atoms with Gasteiger partial charge in [-0.05, 0) is 57.4 Å². The average Bonchev–Trinajstić information content (AvgIpc) is 3.30. The van der Waals surface area contributed by atoms with Crippen LogP contribution < -0.4 is 5.43 Å². The number of carbonyl (C=O) groups is 1. The quantitative estimate of drug-likeness (QED) is 0.588. The lowest BCUT2D eigenvalue weighted by atomic mass is 10.1. The maximum Gasteiger partial charge on any atom is 0.261 e. The third-order valence-corrected chi connectivity index (χ3v) is 6.63. The smallest absolute Gasteiger partial charge is 0.261 e. The van der Waals surface area contributed by atoms with Gasteiger partial charge in [0, 0.05) is 18.8 Å². The minimum Gasteiger partial charge on any atom is -0.271 e. The van der Waals surface area contributed by atoms with E-state index in [0.29, 0.717) is 18.8 Å². The van der Waals surface area contributed by atoms with E-state index in [-0.39, 0.29) is 17.3 Å². The van der Waals surface area contributed by atoms with Gasteiger partial charge in [-0.1, -0.05) is 12.1 Å². The molecule has 0 radical (unpaired) electrons. The molecule has 0 aliphatic carbocycles. The second-order valence-electron chi connectivity index (χ2n) is 6.95. The van der Waals surface area contributed by atoms with Gasteiger partial charge in [0.2, 0.25) is 10.0 Å². The minimum absolute atomic E-state index is 0.0868. The predicted octanol–water partition coefficient (Wildman–Crippen LogP) is 1.82. The van der Waals surface area contributed by atoms with Crippen molar-refractivity contribution in [3.8, 4) is 0 Å². The van der Waals surface area contributed by atoms with Crippen molar-refractivity contribution in [1.29, 1.82) is 0 Å². The van der Waals surface area contributed by atoms with E-state index in [4.69, 9.17) is 0 Å². The highest BCUT2D eigenvalue weighted by molar-refractivity contribution is 7.89. The van der Waals surface area contributed by atoms with Crippen LogP contribution in [0.4, 0.5) is 0 Å². The van der Waals surface area contributed by atoms with Gasteiger partial charge in [-0.3, -0.25) is 9.48 Å². The third-order valence-electron chi connectivity index (χ3n) is 4.72. The van der Waals surface area contributed by atoms with E-state index in [1.165, 1.54) is 4.31 Å². The van der Waals surface area contributed by atoms with E-state index < -0.39 is 10.0 Å². The zero-order valence-electron chi connectivity index (χ0n) is 16.3. The zero-order valence-corrected chi connectivity index (χ0v) is 17.2. The molecule has 1 aliphatic heterocycles. The fraction of sp³-hybridized carbons (Fsp3) is 0.421. The Bertz CT molecular complexity index is 987. The first-order valence-corrected chi connectivity index (χ1v) is 10.7. The van der Waals surface area contributed by atoms with Crippen LogP contribution in [0.2, 0.25) is 0 Å². The van der Waals surface area contributed by atoms with E-state index in [1.54, 1.807) is 35.9 Å². The lowest BCUT2D eigenvalue weighted by molar-refractivity contribution is -0.121. The van der Waals surface area contributed by atoms with Crippen LogP contribution in [0, 0.1) is 13.8 Å². The van der Waals surface area contributed by atoms with Crippen molar-refractivity contribution in [1.82, 2.24) is 19.5 Å². The molecule has 1 saturated heterocycles.